The van der Waals surface area contributed by atoms with Gasteiger partial charge in [0, 0.05) is 36.3 Å². The van der Waals surface area contributed by atoms with E-state index < -0.39 is 23.6 Å². The molecule has 1 amide bonds. The van der Waals surface area contributed by atoms with Crippen molar-refractivity contribution in [2.45, 2.75) is 82.6 Å². The van der Waals surface area contributed by atoms with E-state index in [-0.39, 0.29) is 40.6 Å². The van der Waals surface area contributed by atoms with Crippen molar-refractivity contribution < 1.29 is 33.6 Å². The van der Waals surface area contributed by atoms with Gasteiger partial charge in [-0.05, 0) is 73.0 Å². The van der Waals surface area contributed by atoms with E-state index in [1.165, 1.54) is 5.57 Å². The minimum Gasteiger partial charge on any atom is -0.458 e. The average Bonchev–Trinajstić information content (AvgIpc) is 3.80. The van der Waals surface area contributed by atoms with E-state index in [0.29, 0.717) is 24.5 Å². The molecule has 0 radical (unpaired) electrons. The quantitative estimate of drug-likeness (QED) is 0.324. The maximum absolute atomic E-state index is 12.4. The van der Waals surface area contributed by atoms with Gasteiger partial charge in [-0.3, -0.25) is 4.79 Å². The van der Waals surface area contributed by atoms with Gasteiger partial charge in [-0.15, -0.1) is 0 Å². The number of cyclic esters (lactones) is 1. The molecule has 2 spiro atoms. The fourth-order valence-electron chi connectivity index (χ4n) is 9.56. The first-order valence-corrected chi connectivity index (χ1v) is 14.4. The SMILES string of the molecule is CNC(=O)c1ccc(C(OC)O[C@H]2[C@]34O[C@H]3C[C@H]3C5=C(CC[C@]3(C)[C@@]43C[C@H]3C[C@@]2(O)C(C)C)C(=O)OC5)cc1. The number of esters is 1. The number of aliphatic hydroxyl groups is 1. The van der Waals surface area contributed by atoms with Gasteiger partial charge in [-0.25, -0.2) is 4.79 Å². The third-order valence-corrected chi connectivity index (χ3v) is 11.7. The largest absolute Gasteiger partial charge is 0.458 e. The minimum absolute atomic E-state index is 0.0412. The Bertz CT molecular complexity index is 1270. The average molecular weight is 538 g/mol. The number of hydrogen-bond acceptors (Lipinski definition) is 7. The number of methoxy groups -OCH3 is 1. The lowest BCUT2D eigenvalue weighted by Gasteiger charge is -2.59. The topological polar surface area (TPSA) is 107 Å². The molecule has 39 heavy (non-hydrogen) atoms. The van der Waals surface area contributed by atoms with Crippen molar-refractivity contribution in [2.24, 2.45) is 28.6 Å². The summed E-state index contributed by atoms with van der Waals surface area (Å²) >= 11 is 0. The molecule has 3 saturated carbocycles. The van der Waals surface area contributed by atoms with Gasteiger partial charge in [0.1, 0.15) is 18.3 Å². The van der Waals surface area contributed by atoms with E-state index >= 15 is 0 Å². The second kappa shape index (κ2) is 8.15. The van der Waals surface area contributed by atoms with Crippen LogP contribution in [0.25, 0.3) is 0 Å². The number of hydrogen-bond donors (Lipinski definition) is 2. The van der Waals surface area contributed by atoms with Gasteiger partial charge < -0.3 is 29.4 Å². The fourth-order valence-corrected chi connectivity index (χ4v) is 9.56. The summed E-state index contributed by atoms with van der Waals surface area (Å²) in [6, 6.07) is 7.21. The summed E-state index contributed by atoms with van der Waals surface area (Å²) in [5.74, 6) is 0.253. The summed E-state index contributed by atoms with van der Waals surface area (Å²) < 4.78 is 25.1. The molecule has 8 heteroatoms. The highest BCUT2D eigenvalue weighted by atomic mass is 16.7. The van der Waals surface area contributed by atoms with Gasteiger partial charge in [0.05, 0.1) is 11.7 Å². The number of benzene rings is 1. The molecule has 4 fully saturated rings. The van der Waals surface area contributed by atoms with Crippen LogP contribution in [0.2, 0.25) is 0 Å². The van der Waals surface area contributed by atoms with Gasteiger partial charge in [0.15, 0.2) is 6.29 Å². The summed E-state index contributed by atoms with van der Waals surface area (Å²) in [6.45, 7) is 6.92. The number of ether oxygens (including phenoxy) is 4. The van der Waals surface area contributed by atoms with Crippen LogP contribution in [-0.4, -0.2) is 61.2 Å². The van der Waals surface area contributed by atoms with Crippen LogP contribution in [0.4, 0.5) is 0 Å². The highest BCUT2D eigenvalue weighted by Gasteiger charge is 2.92. The second-order valence-corrected chi connectivity index (χ2v) is 13.2. The number of amides is 1. The van der Waals surface area contributed by atoms with E-state index in [4.69, 9.17) is 18.9 Å². The first-order valence-electron chi connectivity index (χ1n) is 14.4. The first-order chi connectivity index (χ1) is 18.6. The minimum atomic E-state index is -1.08. The zero-order valence-electron chi connectivity index (χ0n) is 23.4. The van der Waals surface area contributed by atoms with Crippen LogP contribution in [-0.2, 0) is 23.7 Å². The summed E-state index contributed by atoms with van der Waals surface area (Å²) in [5.41, 5.74) is 1.56. The lowest BCUT2D eigenvalue weighted by atomic mass is 9.45. The van der Waals surface area contributed by atoms with Gasteiger partial charge in [0.25, 0.3) is 5.91 Å². The maximum atomic E-state index is 12.4. The van der Waals surface area contributed by atoms with Crippen molar-refractivity contribution in [2.75, 3.05) is 20.8 Å². The van der Waals surface area contributed by atoms with E-state index in [0.717, 1.165) is 36.8 Å². The third kappa shape index (κ3) is 3.04. The molecule has 210 valence electrons. The molecule has 4 aliphatic carbocycles. The van der Waals surface area contributed by atoms with Crippen molar-refractivity contribution in [3.05, 3.63) is 46.5 Å². The molecule has 6 aliphatic rings. The van der Waals surface area contributed by atoms with Crippen molar-refractivity contribution in [1.29, 1.82) is 0 Å². The lowest BCUT2D eigenvalue weighted by Crippen LogP contribution is -2.68. The zero-order chi connectivity index (χ0) is 27.5. The predicted octanol–water partition coefficient (Wildman–Crippen LogP) is 3.68. The highest BCUT2D eigenvalue weighted by molar-refractivity contribution is 5.94. The smallest absolute Gasteiger partial charge is 0.334 e. The number of fused-ring (bicyclic) bond motifs is 2. The zero-order valence-corrected chi connectivity index (χ0v) is 23.4. The van der Waals surface area contributed by atoms with Crippen LogP contribution in [0.5, 0.6) is 0 Å². The van der Waals surface area contributed by atoms with Crippen LogP contribution in [0.3, 0.4) is 0 Å². The summed E-state index contributed by atoms with van der Waals surface area (Å²) in [6.07, 6.45) is 2.78. The molecule has 2 heterocycles. The Hall–Kier alpha value is -2.26. The molecule has 8 nitrogen and oxygen atoms in total. The van der Waals surface area contributed by atoms with Crippen molar-refractivity contribution in [3.63, 3.8) is 0 Å². The van der Waals surface area contributed by atoms with Crippen molar-refractivity contribution >= 4 is 11.9 Å². The summed E-state index contributed by atoms with van der Waals surface area (Å²) in [4.78, 5) is 24.5. The molecule has 0 bridgehead atoms. The first kappa shape index (κ1) is 25.7. The Morgan fingerprint density at radius 1 is 1.21 bits per heavy atom. The molecular formula is C31H39NO7. The van der Waals surface area contributed by atoms with Crippen LogP contribution < -0.4 is 5.32 Å². The van der Waals surface area contributed by atoms with E-state index in [1.807, 2.05) is 12.1 Å². The number of carbonyl (C=O) groups excluding carboxylic acids is 2. The third-order valence-electron chi connectivity index (χ3n) is 11.7. The van der Waals surface area contributed by atoms with Crippen molar-refractivity contribution in [3.8, 4) is 0 Å². The molecule has 9 atom stereocenters. The second-order valence-electron chi connectivity index (χ2n) is 13.2. The number of epoxide rings is 1. The van der Waals surface area contributed by atoms with E-state index in [2.05, 4.69) is 26.1 Å². The molecule has 7 rings (SSSR count). The Morgan fingerprint density at radius 2 is 1.95 bits per heavy atom. The molecule has 0 aromatic heterocycles. The summed E-state index contributed by atoms with van der Waals surface area (Å²) in [7, 11) is 3.22. The molecular weight excluding hydrogens is 498 g/mol. The van der Waals surface area contributed by atoms with Crippen LogP contribution >= 0.6 is 0 Å². The standard InChI is InChI=1S/C31H39NO7/c1-16(2)29(35)13-19-14-30(19)28(3)11-10-20-21(15-37-25(20)34)22(28)12-23-31(30,39-23)27(29)38-26(36-5)18-8-6-17(7-9-18)24(33)32-4/h6-9,16,19,22-23,26-27,35H,10-15H2,1-5H3,(H,32,33)/t19-,22+,23+,26?,27-,28+,29-,30+,31-/m1/s1. The molecule has 1 saturated heterocycles. The highest BCUT2D eigenvalue weighted by Crippen LogP contribution is 2.87. The van der Waals surface area contributed by atoms with Gasteiger partial charge in [-0.2, -0.15) is 0 Å². The molecule has 1 aromatic carbocycles. The van der Waals surface area contributed by atoms with Crippen LogP contribution in [0.1, 0.15) is 75.1 Å². The maximum Gasteiger partial charge on any atom is 0.334 e. The Balaban J connectivity index is 1.27. The molecule has 2 aliphatic heterocycles. The normalized spacial score (nSPS) is 43.9. The molecule has 1 unspecified atom stereocenters. The van der Waals surface area contributed by atoms with Gasteiger partial charge in [0.2, 0.25) is 0 Å². The van der Waals surface area contributed by atoms with Crippen LogP contribution in [0, 0.1) is 28.6 Å². The van der Waals surface area contributed by atoms with E-state index in [1.54, 1.807) is 26.3 Å². The molecule has 2 N–H and O–H groups in total. The number of rotatable bonds is 6. The Morgan fingerprint density at radius 3 is 2.62 bits per heavy atom. The van der Waals surface area contributed by atoms with Gasteiger partial charge in [-0.1, -0.05) is 32.9 Å². The summed E-state index contributed by atoms with van der Waals surface area (Å²) in [5, 5.41) is 15.0. The lowest BCUT2D eigenvalue weighted by molar-refractivity contribution is -0.272. The Labute approximate surface area is 229 Å². The van der Waals surface area contributed by atoms with E-state index in [9.17, 15) is 14.7 Å². The predicted molar refractivity (Wildman–Crippen MR) is 140 cm³/mol. The van der Waals surface area contributed by atoms with Gasteiger partial charge >= 0.3 is 5.97 Å². The van der Waals surface area contributed by atoms with Crippen molar-refractivity contribution in [1.82, 2.24) is 5.32 Å². The monoisotopic (exact) mass is 537 g/mol. The number of carbonyl (C=O) groups is 2. The number of nitrogens with one attached hydrogen (secondary N) is 1. The fraction of sp³-hybridized carbons (Fsp3) is 0.677. The Kier molecular flexibility index (Phi) is 5.37. The molecule has 1 aromatic rings. The van der Waals surface area contributed by atoms with Crippen LogP contribution in [0.15, 0.2) is 35.4 Å².